The summed E-state index contributed by atoms with van der Waals surface area (Å²) in [6.45, 7) is 3.37. The third kappa shape index (κ3) is 2.43. The number of nitrogens with one attached hydrogen (secondary N) is 1. The van der Waals surface area contributed by atoms with Gasteiger partial charge in [0.2, 0.25) is 0 Å². The van der Waals surface area contributed by atoms with E-state index >= 15 is 0 Å². The molecule has 0 aromatic carbocycles. The fourth-order valence-electron chi connectivity index (χ4n) is 3.59. The van der Waals surface area contributed by atoms with Crippen molar-refractivity contribution in [2.24, 2.45) is 5.92 Å². The predicted octanol–water partition coefficient (Wildman–Crippen LogP) is 2.42. The van der Waals surface area contributed by atoms with Gasteiger partial charge in [-0.1, -0.05) is 11.6 Å². The maximum atomic E-state index is 12.5. The summed E-state index contributed by atoms with van der Waals surface area (Å²) in [7, 11) is 0. The minimum atomic E-state index is 0.0218. The Balaban J connectivity index is 1.53. The lowest BCUT2D eigenvalue weighted by atomic mass is 9.84. The highest BCUT2D eigenvalue weighted by Crippen LogP contribution is 2.27. The minimum absolute atomic E-state index is 0.0218. The third-order valence-electron chi connectivity index (χ3n) is 4.79. The summed E-state index contributed by atoms with van der Waals surface area (Å²) in [5.41, 5.74) is 1.69. The number of pyridine rings is 1. The molecule has 2 bridgehead atoms. The zero-order valence-electron chi connectivity index (χ0n) is 11.8. The van der Waals surface area contributed by atoms with Gasteiger partial charge in [0.05, 0.1) is 10.6 Å². The van der Waals surface area contributed by atoms with E-state index in [-0.39, 0.29) is 5.91 Å². The average Bonchev–Trinajstić information content (AvgIpc) is 2.91. The van der Waals surface area contributed by atoms with Crippen molar-refractivity contribution in [3.8, 4) is 0 Å². The second-order valence-corrected chi connectivity index (χ2v) is 6.56. The molecule has 110 valence electrons. The SMILES string of the molecule is O=C(N[C@H]1CN2CCC1CC2)c1cc2ccc(Cl)cn2c1. The Hall–Kier alpha value is -1.52. The Kier molecular flexibility index (Phi) is 3.16. The van der Waals surface area contributed by atoms with Crippen LogP contribution in [0.25, 0.3) is 5.52 Å². The van der Waals surface area contributed by atoms with E-state index in [9.17, 15) is 4.79 Å². The van der Waals surface area contributed by atoms with Crippen LogP contribution in [-0.4, -0.2) is 40.9 Å². The maximum absolute atomic E-state index is 12.5. The fourth-order valence-corrected chi connectivity index (χ4v) is 3.76. The molecule has 0 unspecified atom stereocenters. The van der Waals surface area contributed by atoms with Gasteiger partial charge in [0, 0.05) is 30.5 Å². The van der Waals surface area contributed by atoms with Crippen molar-refractivity contribution in [2.45, 2.75) is 18.9 Å². The van der Waals surface area contributed by atoms with Gasteiger partial charge in [-0.2, -0.15) is 0 Å². The molecule has 2 aromatic rings. The molecular weight excluding hydrogens is 286 g/mol. The molecule has 5 rings (SSSR count). The molecule has 0 aliphatic carbocycles. The summed E-state index contributed by atoms with van der Waals surface area (Å²) in [4.78, 5) is 14.9. The van der Waals surface area contributed by atoms with Gasteiger partial charge in [-0.15, -0.1) is 0 Å². The van der Waals surface area contributed by atoms with Gasteiger partial charge in [0.1, 0.15) is 0 Å². The third-order valence-corrected chi connectivity index (χ3v) is 5.01. The summed E-state index contributed by atoms with van der Waals surface area (Å²) >= 11 is 5.98. The van der Waals surface area contributed by atoms with E-state index in [1.807, 2.05) is 35.0 Å². The summed E-state index contributed by atoms with van der Waals surface area (Å²) in [6, 6.07) is 5.97. The molecule has 4 nitrogen and oxygen atoms in total. The molecule has 3 fully saturated rings. The number of nitrogens with zero attached hydrogens (tertiary/aromatic N) is 2. The number of halogens is 1. The van der Waals surface area contributed by atoms with Gasteiger partial charge < -0.3 is 14.6 Å². The molecule has 1 atom stereocenters. The molecule has 0 saturated carbocycles. The Morgan fingerprint density at radius 3 is 2.76 bits per heavy atom. The number of amides is 1. The molecule has 5 heterocycles. The lowest BCUT2D eigenvalue weighted by molar-refractivity contribution is 0.0620. The van der Waals surface area contributed by atoms with Crippen molar-refractivity contribution >= 4 is 23.0 Å². The molecule has 3 saturated heterocycles. The fraction of sp³-hybridized carbons (Fsp3) is 0.438. The monoisotopic (exact) mass is 303 g/mol. The van der Waals surface area contributed by atoms with E-state index in [2.05, 4.69) is 10.2 Å². The predicted molar refractivity (Wildman–Crippen MR) is 82.8 cm³/mol. The molecule has 0 spiro atoms. The van der Waals surface area contributed by atoms with Gasteiger partial charge in [0.15, 0.2) is 0 Å². The molecule has 3 aliphatic heterocycles. The number of carbonyl (C=O) groups is 1. The Morgan fingerprint density at radius 1 is 1.24 bits per heavy atom. The Morgan fingerprint density at radius 2 is 2.05 bits per heavy atom. The van der Waals surface area contributed by atoms with Crippen molar-refractivity contribution in [1.82, 2.24) is 14.6 Å². The summed E-state index contributed by atoms with van der Waals surface area (Å²) in [5.74, 6) is 0.666. The van der Waals surface area contributed by atoms with Crippen LogP contribution < -0.4 is 5.32 Å². The van der Waals surface area contributed by atoms with E-state index < -0.39 is 0 Å². The number of rotatable bonds is 2. The van der Waals surface area contributed by atoms with Crippen molar-refractivity contribution in [2.75, 3.05) is 19.6 Å². The molecule has 2 aromatic heterocycles. The number of carbonyl (C=O) groups excluding carboxylic acids is 1. The van der Waals surface area contributed by atoms with Crippen LogP contribution in [0.4, 0.5) is 0 Å². The molecule has 1 N–H and O–H groups in total. The Bertz CT molecular complexity index is 688. The zero-order chi connectivity index (χ0) is 14.4. The van der Waals surface area contributed by atoms with Crippen LogP contribution in [0.2, 0.25) is 5.02 Å². The Labute approximate surface area is 128 Å². The van der Waals surface area contributed by atoms with E-state index in [0.717, 1.165) is 12.1 Å². The number of hydrogen-bond acceptors (Lipinski definition) is 2. The normalized spacial score (nSPS) is 28.0. The highest BCUT2D eigenvalue weighted by Gasteiger charge is 2.35. The number of hydrogen-bond donors (Lipinski definition) is 1. The first kappa shape index (κ1) is 13.2. The topological polar surface area (TPSA) is 36.8 Å². The molecule has 5 heteroatoms. The summed E-state index contributed by atoms with van der Waals surface area (Å²) in [5, 5.41) is 3.88. The molecular formula is C16H18ClN3O. The first-order valence-corrected chi connectivity index (χ1v) is 7.87. The van der Waals surface area contributed by atoms with E-state index in [1.54, 1.807) is 0 Å². The lowest BCUT2D eigenvalue weighted by Gasteiger charge is -2.44. The summed E-state index contributed by atoms with van der Waals surface area (Å²) < 4.78 is 1.90. The van der Waals surface area contributed by atoms with Gasteiger partial charge >= 0.3 is 0 Å². The van der Waals surface area contributed by atoms with Crippen molar-refractivity contribution < 1.29 is 4.79 Å². The highest BCUT2D eigenvalue weighted by atomic mass is 35.5. The van der Waals surface area contributed by atoms with E-state index in [4.69, 9.17) is 11.6 Å². The summed E-state index contributed by atoms with van der Waals surface area (Å²) in [6.07, 6.45) is 6.08. The standard InChI is InChI=1S/C16H18ClN3O/c17-13-1-2-14-7-12(8-20(14)9-13)16(21)18-15-10-19-5-3-11(15)4-6-19/h1-2,7-9,11,15H,3-6,10H2,(H,18,21)/t15-/m0/s1. The molecule has 0 radical (unpaired) electrons. The van der Waals surface area contributed by atoms with Crippen LogP contribution in [0, 0.1) is 5.92 Å². The lowest BCUT2D eigenvalue weighted by Crippen LogP contribution is -2.57. The first-order chi connectivity index (χ1) is 10.2. The van der Waals surface area contributed by atoms with Crippen LogP contribution in [0.5, 0.6) is 0 Å². The first-order valence-electron chi connectivity index (χ1n) is 7.49. The maximum Gasteiger partial charge on any atom is 0.253 e. The van der Waals surface area contributed by atoms with Crippen LogP contribution >= 0.6 is 11.6 Å². The van der Waals surface area contributed by atoms with E-state index in [1.165, 1.54) is 25.9 Å². The molecule has 3 aliphatic rings. The van der Waals surface area contributed by atoms with Crippen LogP contribution in [0.1, 0.15) is 23.2 Å². The second kappa shape index (κ2) is 5.04. The quantitative estimate of drug-likeness (QED) is 0.925. The van der Waals surface area contributed by atoms with E-state index in [0.29, 0.717) is 22.5 Å². The largest absolute Gasteiger partial charge is 0.348 e. The average molecular weight is 304 g/mol. The van der Waals surface area contributed by atoms with Crippen molar-refractivity contribution in [1.29, 1.82) is 0 Å². The van der Waals surface area contributed by atoms with Crippen LogP contribution in [0.3, 0.4) is 0 Å². The number of aromatic nitrogens is 1. The van der Waals surface area contributed by atoms with Gasteiger partial charge in [-0.25, -0.2) is 0 Å². The minimum Gasteiger partial charge on any atom is -0.348 e. The highest BCUT2D eigenvalue weighted by molar-refractivity contribution is 6.30. The zero-order valence-corrected chi connectivity index (χ0v) is 12.5. The number of fused-ring (bicyclic) bond motifs is 4. The van der Waals surface area contributed by atoms with Crippen LogP contribution in [0.15, 0.2) is 30.6 Å². The smallest absolute Gasteiger partial charge is 0.253 e. The van der Waals surface area contributed by atoms with Gasteiger partial charge in [-0.05, 0) is 50.0 Å². The number of piperidine rings is 3. The second-order valence-electron chi connectivity index (χ2n) is 6.13. The van der Waals surface area contributed by atoms with Crippen molar-refractivity contribution in [3.05, 3.63) is 41.2 Å². The van der Waals surface area contributed by atoms with Gasteiger partial charge in [0.25, 0.3) is 5.91 Å². The van der Waals surface area contributed by atoms with Gasteiger partial charge in [-0.3, -0.25) is 4.79 Å². The van der Waals surface area contributed by atoms with Crippen LogP contribution in [-0.2, 0) is 0 Å². The van der Waals surface area contributed by atoms with Crippen molar-refractivity contribution in [3.63, 3.8) is 0 Å². The molecule has 21 heavy (non-hydrogen) atoms. The molecule has 1 amide bonds.